The summed E-state index contributed by atoms with van der Waals surface area (Å²) in [6.45, 7) is 3.07. The van der Waals surface area contributed by atoms with Gasteiger partial charge >= 0.3 is 0 Å². The fourth-order valence-corrected chi connectivity index (χ4v) is 2.18. The fourth-order valence-electron chi connectivity index (χ4n) is 2.18. The van der Waals surface area contributed by atoms with Gasteiger partial charge in [-0.05, 0) is 32.1 Å². The number of rotatable bonds is 8. The first-order valence-corrected chi connectivity index (χ1v) is 7.07. The molecule has 0 bridgehead atoms. The van der Waals surface area contributed by atoms with E-state index in [1.54, 1.807) is 0 Å². The minimum atomic E-state index is 0.0214. The maximum absolute atomic E-state index is 6.02. The molecule has 98 valence electrons. The highest BCUT2D eigenvalue weighted by molar-refractivity contribution is 4.84. The van der Waals surface area contributed by atoms with Crippen LogP contribution < -0.4 is 0 Å². The molecule has 0 amide bonds. The van der Waals surface area contributed by atoms with Crippen LogP contribution in [0.4, 0.5) is 0 Å². The standard InChI is InChI=1S/C15H26O2/c1-3-5-7-11-14(10-6-4-2)17-15-12-8-9-13-16-15/h2,14-15H,3,5-13H2,1H3. The highest BCUT2D eigenvalue weighted by Crippen LogP contribution is 2.20. The van der Waals surface area contributed by atoms with Crippen LogP contribution in [0.15, 0.2) is 0 Å². The number of hydrogen-bond acceptors (Lipinski definition) is 2. The number of terminal acetylenes is 1. The van der Waals surface area contributed by atoms with E-state index in [0.29, 0.717) is 6.10 Å². The summed E-state index contributed by atoms with van der Waals surface area (Å²) in [5.41, 5.74) is 0. The molecule has 2 unspecified atom stereocenters. The second kappa shape index (κ2) is 9.50. The Morgan fingerprint density at radius 2 is 2.24 bits per heavy atom. The first kappa shape index (κ1) is 14.5. The third-order valence-corrected chi connectivity index (χ3v) is 3.22. The van der Waals surface area contributed by atoms with Gasteiger partial charge in [-0.15, -0.1) is 12.3 Å². The average Bonchev–Trinajstić information content (AvgIpc) is 2.37. The van der Waals surface area contributed by atoms with Gasteiger partial charge < -0.3 is 9.47 Å². The second-order valence-corrected chi connectivity index (χ2v) is 4.79. The smallest absolute Gasteiger partial charge is 0.157 e. The molecule has 1 saturated heterocycles. The van der Waals surface area contributed by atoms with Crippen LogP contribution in [0, 0.1) is 12.3 Å². The number of unbranched alkanes of at least 4 members (excludes halogenated alkanes) is 2. The van der Waals surface area contributed by atoms with Gasteiger partial charge in [-0.3, -0.25) is 0 Å². The summed E-state index contributed by atoms with van der Waals surface area (Å²) in [5.74, 6) is 2.71. The molecule has 1 aliphatic rings. The molecule has 0 spiro atoms. The van der Waals surface area contributed by atoms with E-state index in [4.69, 9.17) is 15.9 Å². The first-order chi connectivity index (χ1) is 8.36. The Hall–Kier alpha value is -0.520. The van der Waals surface area contributed by atoms with Gasteiger partial charge in [-0.1, -0.05) is 26.2 Å². The van der Waals surface area contributed by atoms with Crippen molar-refractivity contribution in [2.24, 2.45) is 0 Å². The summed E-state index contributed by atoms with van der Waals surface area (Å²) >= 11 is 0. The van der Waals surface area contributed by atoms with Crippen molar-refractivity contribution in [3.8, 4) is 12.3 Å². The van der Waals surface area contributed by atoms with Gasteiger partial charge in [0.25, 0.3) is 0 Å². The summed E-state index contributed by atoms with van der Waals surface area (Å²) in [4.78, 5) is 0. The van der Waals surface area contributed by atoms with Crippen molar-refractivity contribution in [3.63, 3.8) is 0 Å². The van der Waals surface area contributed by atoms with Crippen LogP contribution in [0.2, 0.25) is 0 Å². The zero-order valence-corrected chi connectivity index (χ0v) is 11.1. The van der Waals surface area contributed by atoms with E-state index >= 15 is 0 Å². The van der Waals surface area contributed by atoms with E-state index in [2.05, 4.69) is 12.8 Å². The van der Waals surface area contributed by atoms with Crippen LogP contribution in [0.5, 0.6) is 0 Å². The third kappa shape index (κ3) is 6.71. The van der Waals surface area contributed by atoms with Gasteiger partial charge in [0.2, 0.25) is 0 Å². The molecule has 2 nitrogen and oxygen atoms in total. The Morgan fingerprint density at radius 3 is 2.88 bits per heavy atom. The lowest BCUT2D eigenvalue weighted by Gasteiger charge is -2.27. The molecule has 2 atom stereocenters. The van der Waals surface area contributed by atoms with Gasteiger partial charge in [0.15, 0.2) is 6.29 Å². The zero-order valence-electron chi connectivity index (χ0n) is 11.1. The van der Waals surface area contributed by atoms with Crippen molar-refractivity contribution in [3.05, 3.63) is 0 Å². The highest BCUT2D eigenvalue weighted by Gasteiger charge is 2.19. The van der Waals surface area contributed by atoms with Gasteiger partial charge in [-0.2, -0.15) is 0 Å². The Balaban J connectivity index is 2.25. The van der Waals surface area contributed by atoms with E-state index in [-0.39, 0.29) is 6.29 Å². The molecule has 1 fully saturated rings. The number of ether oxygens (including phenoxy) is 2. The predicted molar refractivity (Wildman–Crippen MR) is 70.7 cm³/mol. The van der Waals surface area contributed by atoms with Crippen molar-refractivity contribution in [2.45, 2.75) is 77.1 Å². The molecule has 0 aromatic rings. The van der Waals surface area contributed by atoms with Crippen LogP contribution in [0.3, 0.4) is 0 Å². The van der Waals surface area contributed by atoms with Crippen molar-refractivity contribution in [1.29, 1.82) is 0 Å². The molecule has 1 heterocycles. The Bertz CT molecular complexity index is 213. The van der Waals surface area contributed by atoms with Gasteiger partial charge in [0, 0.05) is 13.0 Å². The minimum Gasteiger partial charge on any atom is -0.353 e. The molecule has 1 aliphatic heterocycles. The Labute approximate surface area is 106 Å². The van der Waals surface area contributed by atoms with Crippen molar-refractivity contribution >= 4 is 0 Å². The SMILES string of the molecule is C#CCCC(CCCCC)OC1CCCCO1. The lowest BCUT2D eigenvalue weighted by molar-refractivity contribution is -0.190. The van der Waals surface area contributed by atoms with Crippen molar-refractivity contribution in [1.82, 2.24) is 0 Å². The molecule has 0 aliphatic carbocycles. The third-order valence-electron chi connectivity index (χ3n) is 3.22. The second-order valence-electron chi connectivity index (χ2n) is 4.79. The van der Waals surface area contributed by atoms with Crippen LogP contribution in [0.25, 0.3) is 0 Å². The van der Waals surface area contributed by atoms with Gasteiger partial charge in [-0.25, -0.2) is 0 Å². The lowest BCUT2D eigenvalue weighted by Crippen LogP contribution is -2.28. The summed E-state index contributed by atoms with van der Waals surface area (Å²) in [6.07, 6.45) is 15.7. The fraction of sp³-hybridized carbons (Fsp3) is 0.867. The molecule has 0 N–H and O–H groups in total. The molecular weight excluding hydrogens is 212 g/mol. The summed E-state index contributed by atoms with van der Waals surface area (Å²) in [7, 11) is 0. The normalized spacial score (nSPS) is 22.0. The number of hydrogen-bond donors (Lipinski definition) is 0. The summed E-state index contributed by atoms with van der Waals surface area (Å²) in [6, 6.07) is 0. The Morgan fingerprint density at radius 1 is 1.35 bits per heavy atom. The molecule has 0 aromatic carbocycles. The molecule has 1 rings (SSSR count). The van der Waals surface area contributed by atoms with E-state index in [9.17, 15) is 0 Å². The maximum Gasteiger partial charge on any atom is 0.157 e. The minimum absolute atomic E-state index is 0.0214. The van der Waals surface area contributed by atoms with E-state index in [1.807, 2.05) is 0 Å². The molecular formula is C15H26O2. The van der Waals surface area contributed by atoms with Crippen LogP contribution in [-0.4, -0.2) is 19.0 Å². The quantitative estimate of drug-likeness (QED) is 0.472. The summed E-state index contributed by atoms with van der Waals surface area (Å²) in [5, 5.41) is 0. The van der Waals surface area contributed by atoms with Crippen LogP contribution in [-0.2, 0) is 9.47 Å². The maximum atomic E-state index is 6.02. The van der Waals surface area contributed by atoms with Gasteiger partial charge in [0.05, 0.1) is 6.10 Å². The van der Waals surface area contributed by atoms with Crippen LogP contribution >= 0.6 is 0 Å². The molecule has 17 heavy (non-hydrogen) atoms. The van der Waals surface area contributed by atoms with Crippen molar-refractivity contribution < 1.29 is 9.47 Å². The van der Waals surface area contributed by atoms with E-state index in [0.717, 1.165) is 32.3 Å². The Kier molecular flexibility index (Phi) is 8.13. The zero-order chi connectivity index (χ0) is 12.3. The van der Waals surface area contributed by atoms with E-state index in [1.165, 1.54) is 32.1 Å². The summed E-state index contributed by atoms with van der Waals surface area (Å²) < 4.78 is 11.6. The van der Waals surface area contributed by atoms with E-state index < -0.39 is 0 Å². The molecule has 0 saturated carbocycles. The molecule has 2 heteroatoms. The first-order valence-electron chi connectivity index (χ1n) is 7.07. The lowest BCUT2D eigenvalue weighted by atomic mass is 10.1. The highest BCUT2D eigenvalue weighted by atomic mass is 16.7. The largest absolute Gasteiger partial charge is 0.353 e. The monoisotopic (exact) mass is 238 g/mol. The average molecular weight is 238 g/mol. The van der Waals surface area contributed by atoms with Gasteiger partial charge in [0.1, 0.15) is 0 Å². The van der Waals surface area contributed by atoms with Crippen LogP contribution in [0.1, 0.15) is 64.7 Å². The molecule has 0 radical (unpaired) electrons. The van der Waals surface area contributed by atoms with Crippen molar-refractivity contribution in [2.75, 3.05) is 6.61 Å². The predicted octanol–water partition coefficient (Wildman–Crippen LogP) is 3.89. The topological polar surface area (TPSA) is 18.5 Å². The molecule has 0 aromatic heterocycles.